The minimum Gasteiger partial charge on any atom is -0.323 e. The third-order valence-electron chi connectivity index (χ3n) is 4.61. The number of imidazole rings is 1. The van der Waals surface area contributed by atoms with Crippen LogP contribution in [0, 0.1) is 12.7 Å². The van der Waals surface area contributed by atoms with Crippen molar-refractivity contribution >= 4 is 34.4 Å². The fraction of sp³-hybridized carbons (Fsp3) is 0.130. The van der Waals surface area contributed by atoms with Crippen LogP contribution in [-0.2, 0) is 4.79 Å². The van der Waals surface area contributed by atoms with Gasteiger partial charge < -0.3 is 5.32 Å². The first kappa shape index (κ1) is 19.2. The van der Waals surface area contributed by atoms with Crippen LogP contribution in [-0.4, -0.2) is 20.7 Å². The zero-order chi connectivity index (χ0) is 20.4. The lowest BCUT2D eigenvalue weighted by Gasteiger charge is -2.14. The molecule has 0 radical (unpaired) electrons. The zero-order valence-corrected chi connectivity index (χ0v) is 16.9. The van der Waals surface area contributed by atoms with E-state index in [1.165, 1.54) is 23.4 Å². The van der Waals surface area contributed by atoms with Crippen molar-refractivity contribution in [2.24, 2.45) is 0 Å². The molecule has 1 N–H and O–H groups in total. The van der Waals surface area contributed by atoms with Gasteiger partial charge >= 0.3 is 0 Å². The van der Waals surface area contributed by atoms with E-state index >= 15 is 0 Å². The van der Waals surface area contributed by atoms with Crippen molar-refractivity contribution < 1.29 is 9.18 Å². The van der Waals surface area contributed by atoms with Gasteiger partial charge in [-0.05, 0) is 50.2 Å². The zero-order valence-electron chi connectivity index (χ0n) is 16.1. The minimum absolute atomic E-state index is 0.178. The van der Waals surface area contributed by atoms with Crippen LogP contribution in [0.25, 0.3) is 16.7 Å². The van der Waals surface area contributed by atoms with E-state index < -0.39 is 11.1 Å². The Kier molecular flexibility index (Phi) is 5.36. The average Bonchev–Trinajstić information content (AvgIpc) is 3.08. The SMILES string of the molecule is Cc1ccc(-n2c(S[C@@H](C)C(=O)Nc3ccccc3F)nc3ccccc32)cc1. The number of aromatic nitrogens is 2. The van der Waals surface area contributed by atoms with Crippen LogP contribution in [0.3, 0.4) is 0 Å². The number of amides is 1. The van der Waals surface area contributed by atoms with Gasteiger partial charge in [-0.3, -0.25) is 9.36 Å². The second kappa shape index (κ2) is 8.09. The van der Waals surface area contributed by atoms with Crippen LogP contribution in [0.1, 0.15) is 12.5 Å². The fourth-order valence-electron chi connectivity index (χ4n) is 3.03. The maximum Gasteiger partial charge on any atom is 0.237 e. The minimum atomic E-state index is -0.462. The Labute approximate surface area is 172 Å². The highest BCUT2D eigenvalue weighted by atomic mass is 32.2. The van der Waals surface area contributed by atoms with E-state index in [4.69, 9.17) is 4.98 Å². The maximum atomic E-state index is 13.9. The number of anilines is 1. The van der Waals surface area contributed by atoms with Gasteiger partial charge in [0.2, 0.25) is 5.91 Å². The molecule has 4 aromatic rings. The van der Waals surface area contributed by atoms with Gasteiger partial charge in [-0.15, -0.1) is 0 Å². The van der Waals surface area contributed by atoms with Gasteiger partial charge in [0.1, 0.15) is 5.82 Å². The average molecular weight is 405 g/mol. The number of benzene rings is 3. The summed E-state index contributed by atoms with van der Waals surface area (Å²) in [5.74, 6) is -0.729. The number of fused-ring (bicyclic) bond motifs is 1. The smallest absolute Gasteiger partial charge is 0.237 e. The van der Waals surface area contributed by atoms with Crippen molar-refractivity contribution in [3.05, 3.63) is 84.2 Å². The number of nitrogens with one attached hydrogen (secondary N) is 1. The summed E-state index contributed by atoms with van der Waals surface area (Å²) in [6.07, 6.45) is 0. The number of hydrogen-bond acceptors (Lipinski definition) is 3. The summed E-state index contributed by atoms with van der Waals surface area (Å²) in [4.78, 5) is 17.4. The molecule has 0 saturated heterocycles. The number of carbonyl (C=O) groups is 1. The molecule has 3 aromatic carbocycles. The van der Waals surface area contributed by atoms with Gasteiger partial charge in [0.05, 0.1) is 22.0 Å². The summed E-state index contributed by atoms with van der Waals surface area (Å²) in [6.45, 7) is 3.83. The molecule has 0 spiro atoms. The summed E-state index contributed by atoms with van der Waals surface area (Å²) in [5.41, 5.74) is 4.16. The lowest BCUT2D eigenvalue weighted by atomic mass is 10.2. The van der Waals surface area contributed by atoms with Crippen molar-refractivity contribution in [3.63, 3.8) is 0 Å². The van der Waals surface area contributed by atoms with Crippen molar-refractivity contribution in [2.75, 3.05) is 5.32 Å². The largest absolute Gasteiger partial charge is 0.323 e. The van der Waals surface area contributed by atoms with Crippen LogP contribution in [0.15, 0.2) is 78.0 Å². The molecule has 0 aliphatic heterocycles. The monoisotopic (exact) mass is 405 g/mol. The van der Waals surface area contributed by atoms with E-state index in [1.54, 1.807) is 25.1 Å². The highest BCUT2D eigenvalue weighted by Gasteiger charge is 2.21. The lowest BCUT2D eigenvalue weighted by Crippen LogP contribution is -2.23. The summed E-state index contributed by atoms with van der Waals surface area (Å²) in [5, 5.41) is 2.91. The molecule has 1 heterocycles. The number of hydrogen-bond donors (Lipinski definition) is 1. The molecular formula is C23H20FN3OS. The van der Waals surface area contributed by atoms with Crippen LogP contribution in [0.5, 0.6) is 0 Å². The normalized spacial score (nSPS) is 12.1. The number of carbonyl (C=O) groups excluding carboxylic acids is 1. The Bertz CT molecular complexity index is 1170. The molecule has 0 unspecified atom stereocenters. The first-order chi connectivity index (χ1) is 14.0. The first-order valence-electron chi connectivity index (χ1n) is 9.29. The van der Waals surface area contributed by atoms with E-state index in [0.29, 0.717) is 5.16 Å². The molecule has 4 nitrogen and oxygen atoms in total. The number of aryl methyl sites for hydroxylation is 1. The Morgan fingerprint density at radius 3 is 2.48 bits per heavy atom. The van der Waals surface area contributed by atoms with Crippen LogP contribution in [0.2, 0.25) is 0 Å². The Balaban J connectivity index is 1.65. The predicted molar refractivity (Wildman–Crippen MR) is 116 cm³/mol. The summed E-state index contributed by atoms with van der Waals surface area (Å²) in [6, 6.07) is 22.2. The highest BCUT2D eigenvalue weighted by Crippen LogP contribution is 2.31. The van der Waals surface area contributed by atoms with Crippen molar-refractivity contribution in [3.8, 4) is 5.69 Å². The molecule has 0 saturated carbocycles. The molecule has 6 heteroatoms. The van der Waals surface area contributed by atoms with E-state index in [-0.39, 0.29) is 11.6 Å². The van der Waals surface area contributed by atoms with E-state index in [9.17, 15) is 9.18 Å². The molecule has 0 aliphatic rings. The van der Waals surface area contributed by atoms with E-state index in [2.05, 4.69) is 5.32 Å². The summed E-state index contributed by atoms with van der Waals surface area (Å²) in [7, 11) is 0. The number of halogens is 1. The Hall–Kier alpha value is -3.12. The van der Waals surface area contributed by atoms with E-state index in [0.717, 1.165) is 16.7 Å². The van der Waals surface area contributed by atoms with Crippen LogP contribution in [0.4, 0.5) is 10.1 Å². The highest BCUT2D eigenvalue weighted by molar-refractivity contribution is 8.00. The quantitative estimate of drug-likeness (QED) is 0.440. The van der Waals surface area contributed by atoms with Crippen molar-refractivity contribution in [2.45, 2.75) is 24.3 Å². The Morgan fingerprint density at radius 2 is 1.72 bits per heavy atom. The number of nitrogens with zero attached hydrogens (tertiary/aromatic N) is 2. The standard InChI is InChI=1S/C23H20FN3OS/c1-15-11-13-17(14-12-15)27-21-10-6-5-9-20(21)26-23(27)29-16(2)22(28)25-19-8-4-3-7-18(19)24/h3-14,16H,1-2H3,(H,25,28)/t16-/m0/s1. The lowest BCUT2D eigenvalue weighted by molar-refractivity contribution is -0.115. The fourth-order valence-corrected chi connectivity index (χ4v) is 3.98. The van der Waals surface area contributed by atoms with Gasteiger partial charge in [-0.2, -0.15) is 0 Å². The van der Waals surface area contributed by atoms with E-state index in [1.807, 2.05) is 60.0 Å². The van der Waals surface area contributed by atoms with Gasteiger partial charge in [0, 0.05) is 5.69 Å². The molecule has 0 fully saturated rings. The second-order valence-corrected chi connectivity index (χ2v) is 8.09. The summed E-state index contributed by atoms with van der Waals surface area (Å²) >= 11 is 1.35. The third-order valence-corrected chi connectivity index (χ3v) is 5.66. The second-order valence-electron chi connectivity index (χ2n) is 6.78. The molecule has 1 aromatic heterocycles. The molecule has 4 rings (SSSR count). The maximum absolute atomic E-state index is 13.9. The molecule has 1 amide bonds. The van der Waals surface area contributed by atoms with Gasteiger partial charge in [-0.25, -0.2) is 9.37 Å². The Morgan fingerprint density at radius 1 is 1.03 bits per heavy atom. The van der Waals surface area contributed by atoms with Gasteiger partial charge in [0.25, 0.3) is 0 Å². The molecule has 146 valence electrons. The topological polar surface area (TPSA) is 46.9 Å². The van der Waals surface area contributed by atoms with Gasteiger partial charge in [0.15, 0.2) is 5.16 Å². The number of para-hydroxylation sites is 3. The molecule has 29 heavy (non-hydrogen) atoms. The van der Waals surface area contributed by atoms with Crippen LogP contribution >= 0.6 is 11.8 Å². The van der Waals surface area contributed by atoms with Crippen molar-refractivity contribution in [1.29, 1.82) is 0 Å². The molecular weight excluding hydrogens is 385 g/mol. The molecule has 1 atom stereocenters. The third kappa shape index (κ3) is 4.03. The van der Waals surface area contributed by atoms with Crippen molar-refractivity contribution in [1.82, 2.24) is 9.55 Å². The van der Waals surface area contributed by atoms with Crippen LogP contribution < -0.4 is 5.32 Å². The molecule has 0 bridgehead atoms. The van der Waals surface area contributed by atoms with Gasteiger partial charge in [-0.1, -0.05) is 53.7 Å². The number of rotatable bonds is 5. The number of thioether (sulfide) groups is 1. The molecule has 0 aliphatic carbocycles. The summed E-state index contributed by atoms with van der Waals surface area (Å²) < 4.78 is 15.9. The predicted octanol–water partition coefficient (Wildman–Crippen LogP) is 5.59. The first-order valence-corrected chi connectivity index (χ1v) is 10.2.